The van der Waals surface area contributed by atoms with Crippen molar-refractivity contribution in [1.29, 1.82) is 0 Å². The van der Waals surface area contributed by atoms with Gasteiger partial charge in [-0.05, 0) is 49.8 Å². The predicted molar refractivity (Wildman–Crippen MR) is 131 cm³/mol. The lowest BCUT2D eigenvalue weighted by Crippen LogP contribution is -2.40. The number of methoxy groups -OCH3 is 2. The van der Waals surface area contributed by atoms with Crippen molar-refractivity contribution < 1.29 is 19.0 Å². The van der Waals surface area contributed by atoms with Crippen molar-refractivity contribution in [2.75, 3.05) is 20.8 Å². The Balaban J connectivity index is 1.99. The van der Waals surface area contributed by atoms with E-state index in [1.54, 1.807) is 70.5 Å². The Kier molecular flexibility index (Phi) is 6.90. The molecule has 7 nitrogen and oxygen atoms in total. The lowest BCUT2D eigenvalue weighted by Gasteiger charge is -2.25. The van der Waals surface area contributed by atoms with Crippen LogP contribution in [0.4, 0.5) is 0 Å². The number of esters is 1. The molecule has 9 heteroatoms. The second kappa shape index (κ2) is 9.87. The van der Waals surface area contributed by atoms with Crippen LogP contribution in [0, 0.1) is 0 Å². The number of benzene rings is 2. The van der Waals surface area contributed by atoms with Gasteiger partial charge in [-0.1, -0.05) is 41.1 Å². The van der Waals surface area contributed by atoms with E-state index in [-0.39, 0.29) is 17.7 Å². The third-order valence-electron chi connectivity index (χ3n) is 5.44. The highest BCUT2D eigenvalue weighted by Crippen LogP contribution is 2.34. The molecule has 0 unspecified atom stereocenters. The first kappa shape index (κ1) is 23.8. The third kappa shape index (κ3) is 4.26. The van der Waals surface area contributed by atoms with Crippen molar-refractivity contribution in [3.05, 3.63) is 89.6 Å². The summed E-state index contributed by atoms with van der Waals surface area (Å²) in [5.74, 6) is 0.698. The number of halogens is 1. The van der Waals surface area contributed by atoms with Crippen LogP contribution in [-0.4, -0.2) is 31.4 Å². The summed E-state index contributed by atoms with van der Waals surface area (Å²) in [4.78, 5) is 31.7. The van der Waals surface area contributed by atoms with E-state index < -0.39 is 12.0 Å². The first-order valence-electron chi connectivity index (χ1n) is 10.6. The molecule has 2 heterocycles. The minimum atomic E-state index is -0.765. The van der Waals surface area contributed by atoms with E-state index in [0.717, 1.165) is 0 Å². The molecule has 2 aromatic carbocycles. The van der Waals surface area contributed by atoms with Crippen LogP contribution < -0.4 is 24.4 Å². The number of hydrogen-bond acceptors (Lipinski definition) is 7. The zero-order valence-corrected chi connectivity index (χ0v) is 20.7. The molecule has 0 saturated carbocycles. The van der Waals surface area contributed by atoms with Crippen molar-refractivity contribution in [3.8, 4) is 11.5 Å². The van der Waals surface area contributed by atoms with Crippen LogP contribution in [0.5, 0.6) is 11.5 Å². The zero-order valence-electron chi connectivity index (χ0n) is 19.1. The maximum atomic E-state index is 13.7. The molecule has 0 aliphatic carbocycles. The Morgan fingerprint density at radius 2 is 1.97 bits per heavy atom. The summed E-state index contributed by atoms with van der Waals surface area (Å²) in [5, 5.41) is 0.438. The van der Waals surface area contributed by atoms with Gasteiger partial charge >= 0.3 is 5.97 Å². The fourth-order valence-electron chi connectivity index (χ4n) is 3.88. The normalized spacial score (nSPS) is 15.6. The molecule has 1 aliphatic heterocycles. The Labute approximate surface area is 205 Å². The van der Waals surface area contributed by atoms with Gasteiger partial charge in [0.2, 0.25) is 0 Å². The monoisotopic (exact) mass is 498 g/mol. The molecule has 0 fully saturated rings. The molecule has 0 radical (unpaired) electrons. The van der Waals surface area contributed by atoms with Crippen LogP contribution in [0.2, 0.25) is 5.02 Å². The molecule has 0 bridgehead atoms. The molecule has 1 aromatic heterocycles. The van der Waals surface area contributed by atoms with E-state index in [1.807, 2.05) is 6.07 Å². The second-order valence-corrected chi connectivity index (χ2v) is 8.85. The standard InChI is InChI=1S/C25H23ClN2O5S/c1-5-33-24(30)21-14(2)27-25-28(22(21)17-8-6-7-9-18(17)26)23(29)20(34-25)13-15-12-16(31-3)10-11-19(15)32-4/h6-13,22H,5H2,1-4H3/b20-13-/t22-/m0/s1. The summed E-state index contributed by atoms with van der Waals surface area (Å²) in [6.45, 7) is 3.66. The molecule has 176 valence electrons. The summed E-state index contributed by atoms with van der Waals surface area (Å²) in [6, 6.07) is 11.7. The molecule has 1 atom stereocenters. The van der Waals surface area contributed by atoms with Crippen LogP contribution in [0.1, 0.15) is 31.0 Å². The number of hydrogen-bond donors (Lipinski definition) is 0. The van der Waals surface area contributed by atoms with Crippen molar-refractivity contribution in [2.24, 2.45) is 4.99 Å². The summed E-state index contributed by atoms with van der Waals surface area (Å²) in [7, 11) is 3.13. The van der Waals surface area contributed by atoms with Crippen LogP contribution >= 0.6 is 22.9 Å². The first-order chi connectivity index (χ1) is 16.4. The van der Waals surface area contributed by atoms with E-state index in [4.69, 9.17) is 25.8 Å². The quantitative estimate of drug-likeness (QED) is 0.486. The van der Waals surface area contributed by atoms with Gasteiger partial charge in [0, 0.05) is 10.6 Å². The smallest absolute Gasteiger partial charge is 0.338 e. The van der Waals surface area contributed by atoms with Crippen LogP contribution in [0.25, 0.3) is 6.08 Å². The van der Waals surface area contributed by atoms with Gasteiger partial charge in [-0.25, -0.2) is 9.79 Å². The largest absolute Gasteiger partial charge is 0.497 e. The van der Waals surface area contributed by atoms with Crippen LogP contribution in [-0.2, 0) is 9.53 Å². The van der Waals surface area contributed by atoms with Gasteiger partial charge < -0.3 is 14.2 Å². The number of thiazole rings is 1. The van der Waals surface area contributed by atoms with Gasteiger partial charge in [-0.2, -0.15) is 0 Å². The molecule has 0 N–H and O–H groups in total. The molecule has 4 rings (SSSR count). The second-order valence-electron chi connectivity index (χ2n) is 7.43. The summed E-state index contributed by atoms with van der Waals surface area (Å²) in [5.41, 5.74) is 1.77. The van der Waals surface area contributed by atoms with Crippen molar-refractivity contribution >= 4 is 35.0 Å². The molecule has 0 saturated heterocycles. The van der Waals surface area contributed by atoms with E-state index in [0.29, 0.717) is 42.7 Å². The Morgan fingerprint density at radius 3 is 2.65 bits per heavy atom. The van der Waals surface area contributed by atoms with Crippen molar-refractivity contribution in [2.45, 2.75) is 19.9 Å². The lowest BCUT2D eigenvalue weighted by atomic mass is 9.96. The fraction of sp³-hybridized carbons (Fsp3) is 0.240. The number of allylic oxidation sites excluding steroid dienone is 1. The maximum absolute atomic E-state index is 13.7. The number of fused-ring (bicyclic) bond motifs is 1. The Morgan fingerprint density at radius 1 is 1.21 bits per heavy atom. The average Bonchev–Trinajstić information content (AvgIpc) is 3.13. The van der Waals surface area contributed by atoms with E-state index in [1.165, 1.54) is 15.9 Å². The zero-order chi connectivity index (χ0) is 24.4. The summed E-state index contributed by atoms with van der Waals surface area (Å²) < 4.78 is 18.0. The SMILES string of the molecule is CCOC(=O)C1=C(C)N=c2s/c(=C\c3cc(OC)ccc3OC)c(=O)n2[C@H]1c1ccccc1Cl. The minimum absolute atomic E-state index is 0.199. The van der Waals surface area contributed by atoms with Gasteiger partial charge in [0.15, 0.2) is 4.80 Å². The highest BCUT2D eigenvalue weighted by molar-refractivity contribution is 7.07. The molecular weight excluding hydrogens is 476 g/mol. The molecule has 1 aliphatic rings. The Bertz CT molecular complexity index is 1470. The van der Waals surface area contributed by atoms with E-state index in [2.05, 4.69) is 4.99 Å². The van der Waals surface area contributed by atoms with Gasteiger partial charge in [0.05, 0.1) is 36.6 Å². The average molecular weight is 499 g/mol. The first-order valence-corrected chi connectivity index (χ1v) is 11.7. The topological polar surface area (TPSA) is 79.1 Å². The van der Waals surface area contributed by atoms with E-state index >= 15 is 0 Å². The highest BCUT2D eigenvalue weighted by Gasteiger charge is 2.34. The molecule has 0 spiro atoms. The summed E-state index contributed by atoms with van der Waals surface area (Å²) in [6.07, 6.45) is 1.73. The van der Waals surface area contributed by atoms with Crippen molar-refractivity contribution in [1.82, 2.24) is 4.57 Å². The van der Waals surface area contributed by atoms with Gasteiger partial charge in [0.25, 0.3) is 5.56 Å². The predicted octanol–water partition coefficient (Wildman–Crippen LogP) is 3.47. The molecule has 3 aromatic rings. The van der Waals surface area contributed by atoms with Crippen LogP contribution in [0.3, 0.4) is 0 Å². The lowest BCUT2D eigenvalue weighted by molar-refractivity contribution is -0.139. The number of carbonyl (C=O) groups is 1. The fourth-order valence-corrected chi connectivity index (χ4v) is 5.15. The number of rotatable bonds is 6. The van der Waals surface area contributed by atoms with Gasteiger partial charge in [-0.15, -0.1) is 0 Å². The van der Waals surface area contributed by atoms with Gasteiger partial charge in [0.1, 0.15) is 17.5 Å². The van der Waals surface area contributed by atoms with Gasteiger partial charge in [-0.3, -0.25) is 9.36 Å². The minimum Gasteiger partial charge on any atom is -0.497 e. The molecule has 34 heavy (non-hydrogen) atoms. The summed E-state index contributed by atoms with van der Waals surface area (Å²) >= 11 is 7.75. The third-order valence-corrected chi connectivity index (χ3v) is 6.77. The highest BCUT2D eigenvalue weighted by atomic mass is 35.5. The number of carbonyl (C=O) groups excluding carboxylic acids is 1. The molecule has 0 amide bonds. The van der Waals surface area contributed by atoms with Crippen LogP contribution in [0.15, 0.2) is 63.5 Å². The maximum Gasteiger partial charge on any atom is 0.338 e. The Hall–Kier alpha value is -3.36. The van der Waals surface area contributed by atoms with E-state index in [9.17, 15) is 9.59 Å². The van der Waals surface area contributed by atoms with Crippen molar-refractivity contribution in [3.63, 3.8) is 0 Å². The number of nitrogens with zero attached hydrogens (tertiary/aromatic N) is 2. The number of aromatic nitrogens is 1. The molecular formula is C25H23ClN2O5S. The number of ether oxygens (including phenoxy) is 3.